The molecule has 0 aliphatic heterocycles. The van der Waals surface area contributed by atoms with Crippen LogP contribution in [0.25, 0.3) is 11.5 Å². The van der Waals surface area contributed by atoms with Gasteiger partial charge in [-0.05, 0) is 25.1 Å². The van der Waals surface area contributed by atoms with Crippen LogP contribution in [0.5, 0.6) is 5.75 Å². The monoisotopic (exact) mass is 400 g/mol. The lowest BCUT2D eigenvalue weighted by atomic mass is 10.2. The molecule has 144 valence electrons. The third-order valence-corrected chi connectivity index (χ3v) is 4.66. The molecule has 3 aromatic rings. The first-order valence-corrected chi connectivity index (χ1v) is 9.04. The van der Waals surface area contributed by atoms with Crippen molar-refractivity contribution in [2.24, 2.45) is 0 Å². The molecule has 1 heterocycles. The van der Waals surface area contributed by atoms with E-state index in [2.05, 4.69) is 15.5 Å². The smallest absolute Gasteiger partial charge is 0.277 e. The van der Waals surface area contributed by atoms with Crippen molar-refractivity contribution < 1.29 is 18.9 Å². The van der Waals surface area contributed by atoms with Crippen LogP contribution in [0.4, 0.5) is 11.4 Å². The van der Waals surface area contributed by atoms with Crippen molar-refractivity contribution in [2.45, 2.75) is 17.4 Å². The largest absolute Gasteiger partial charge is 0.494 e. The molecule has 0 saturated heterocycles. The van der Waals surface area contributed by atoms with Gasteiger partial charge in [0, 0.05) is 11.6 Å². The lowest BCUT2D eigenvalue weighted by Crippen LogP contribution is -2.22. The van der Waals surface area contributed by atoms with Crippen LogP contribution >= 0.6 is 11.8 Å². The van der Waals surface area contributed by atoms with E-state index in [4.69, 9.17) is 9.15 Å². The van der Waals surface area contributed by atoms with Crippen molar-refractivity contribution in [3.05, 3.63) is 58.6 Å². The zero-order valence-corrected chi connectivity index (χ0v) is 15.8. The predicted octanol–water partition coefficient (Wildman–Crippen LogP) is 3.77. The standard InChI is InChI=1S/C18H16N4O5S/c1-11(28-18-21-20-17(27-18)12-6-4-3-5-7-12)16(23)19-14-9-8-13(22(24)25)10-15(14)26-2/h3-11H,1-2H3,(H,19,23)/t11-/m0/s1. The summed E-state index contributed by atoms with van der Waals surface area (Å²) in [6, 6.07) is 13.3. The minimum Gasteiger partial charge on any atom is -0.494 e. The van der Waals surface area contributed by atoms with Gasteiger partial charge in [0.05, 0.1) is 29.0 Å². The van der Waals surface area contributed by atoms with Crippen LogP contribution in [0.3, 0.4) is 0 Å². The van der Waals surface area contributed by atoms with E-state index in [9.17, 15) is 14.9 Å². The van der Waals surface area contributed by atoms with Gasteiger partial charge in [0.2, 0.25) is 11.8 Å². The molecule has 28 heavy (non-hydrogen) atoms. The summed E-state index contributed by atoms with van der Waals surface area (Å²) in [4.78, 5) is 22.8. The van der Waals surface area contributed by atoms with Gasteiger partial charge in [0.1, 0.15) is 5.75 Å². The van der Waals surface area contributed by atoms with E-state index in [0.717, 1.165) is 17.3 Å². The number of carbonyl (C=O) groups is 1. The van der Waals surface area contributed by atoms with Crippen LogP contribution in [-0.2, 0) is 4.79 Å². The van der Waals surface area contributed by atoms with Gasteiger partial charge >= 0.3 is 0 Å². The zero-order valence-electron chi connectivity index (χ0n) is 15.0. The molecule has 0 bridgehead atoms. The summed E-state index contributed by atoms with van der Waals surface area (Å²) in [5.74, 6) is 0.230. The first kappa shape index (κ1) is 19.4. The Bertz CT molecular complexity index is 993. The van der Waals surface area contributed by atoms with Gasteiger partial charge in [-0.3, -0.25) is 14.9 Å². The Labute approximate surface area is 164 Å². The molecule has 0 aliphatic carbocycles. The molecule has 2 aromatic carbocycles. The topological polar surface area (TPSA) is 120 Å². The van der Waals surface area contributed by atoms with Crippen molar-refractivity contribution in [3.63, 3.8) is 0 Å². The molecule has 0 aliphatic rings. The highest BCUT2D eigenvalue weighted by Crippen LogP contribution is 2.31. The van der Waals surface area contributed by atoms with Gasteiger partial charge in [-0.2, -0.15) is 0 Å². The van der Waals surface area contributed by atoms with Crippen LogP contribution in [0.15, 0.2) is 58.2 Å². The Morgan fingerprint density at radius 3 is 2.68 bits per heavy atom. The number of hydrogen-bond donors (Lipinski definition) is 1. The highest BCUT2D eigenvalue weighted by atomic mass is 32.2. The molecule has 0 spiro atoms. The van der Waals surface area contributed by atoms with Gasteiger partial charge in [0.25, 0.3) is 10.9 Å². The van der Waals surface area contributed by atoms with Crippen molar-refractivity contribution in [2.75, 3.05) is 12.4 Å². The van der Waals surface area contributed by atoms with Gasteiger partial charge in [0.15, 0.2) is 0 Å². The summed E-state index contributed by atoms with van der Waals surface area (Å²) in [6.45, 7) is 1.68. The predicted molar refractivity (Wildman–Crippen MR) is 103 cm³/mol. The molecule has 0 unspecified atom stereocenters. The molecule has 1 atom stereocenters. The number of nitro groups is 1. The van der Waals surface area contributed by atoms with E-state index in [1.807, 2.05) is 30.3 Å². The van der Waals surface area contributed by atoms with Crippen LogP contribution in [0.2, 0.25) is 0 Å². The second-order valence-electron chi connectivity index (χ2n) is 5.63. The number of anilines is 1. The Balaban J connectivity index is 1.67. The second kappa shape index (κ2) is 8.53. The summed E-state index contributed by atoms with van der Waals surface area (Å²) in [5, 5.41) is 21.2. The Kier molecular flexibility index (Phi) is 5.90. The Hall–Kier alpha value is -3.40. The second-order valence-corrected chi connectivity index (χ2v) is 6.92. The first-order valence-electron chi connectivity index (χ1n) is 8.17. The number of nitrogens with zero attached hydrogens (tertiary/aromatic N) is 3. The molecule has 10 heteroatoms. The number of nitrogens with one attached hydrogen (secondary N) is 1. The summed E-state index contributed by atoms with van der Waals surface area (Å²) in [7, 11) is 1.37. The third-order valence-electron chi connectivity index (χ3n) is 3.73. The van der Waals surface area contributed by atoms with Gasteiger partial charge in [-0.25, -0.2) is 0 Å². The number of ether oxygens (including phenoxy) is 1. The quantitative estimate of drug-likeness (QED) is 0.361. The van der Waals surface area contributed by atoms with E-state index >= 15 is 0 Å². The molecule has 9 nitrogen and oxygen atoms in total. The molecule has 0 radical (unpaired) electrons. The number of hydrogen-bond acceptors (Lipinski definition) is 8. The number of methoxy groups -OCH3 is 1. The van der Waals surface area contributed by atoms with E-state index in [0.29, 0.717) is 11.6 Å². The van der Waals surface area contributed by atoms with Gasteiger partial charge < -0.3 is 14.5 Å². The average Bonchev–Trinajstić information content (AvgIpc) is 3.17. The average molecular weight is 400 g/mol. The van der Waals surface area contributed by atoms with Crippen molar-refractivity contribution in [1.82, 2.24) is 10.2 Å². The third kappa shape index (κ3) is 4.46. The van der Waals surface area contributed by atoms with E-state index in [1.54, 1.807) is 6.92 Å². The number of non-ortho nitro benzene ring substituents is 1. The van der Waals surface area contributed by atoms with E-state index in [-0.39, 0.29) is 22.6 Å². The minimum absolute atomic E-state index is 0.128. The zero-order chi connectivity index (χ0) is 20.1. The molecular weight excluding hydrogens is 384 g/mol. The number of thioether (sulfide) groups is 1. The fourth-order valence-electron chi connectivity index (χ4n) is 2.29. The number of rotatable bonds is 7. The number of nitro benzene ring substituents is 1. The Morgan fingerprint density at radius 2 is 2.00 bits per heavy atom. The molecule has 1 aromatic heterocycles. The van der Waals surface area contributed by atoms with Crippen LogP contribution in [0, 0.1) is 10.1 Å². The molecule has 1 N–H and O–H groups in total. The molecular formula is C18H16N4O5S. The molecule has 3 rings (SSSR count). The van der Waals surface area contributed by atoms with Crippen molar-refractivity contribution >= 4 is 29.0 Å². The maximum Gasteiger partial charge on any atom is 0.277 e. The summed E-state index contributed by atoms with van der Waals surface area (Å²) in [6.07, 6.45) is 0. The van der Waals surface area contributed by atoms with Gasteiger partial charge in [-0.15, -0.1) is 10.2 Å². The number of aromatic nitrogens is 2. The lowest BCUT2D eigenvalue weighted by Gasteiger charge is -2.12. The maximum absolute atomic E-state index is 12.5. The minimum atomic E-state index is -0.552. The lowest BCUT2D eigenvalue weighted by molar-refractivity contribution is -0.384. The summed E-state index contributed by atoms with van der Waals surface area (Å²) >= 11 is 1.11. The first-order chi connectivity index (χ1) is 13.5. The normalized spacial score (nSPS) is 11.6. The number of carbonyl (C=O) groups excluding carboxylic acids is 1. The number of benzene rings is 2. The number of amides is 1. The van der Waals surface area contributed by atoms with Crippen molar-refractivity contribution in [1.29, 1.82) is 0 Å². The Morgan fingerprint density at radius 1 is 1.25 bits per heavy atom. The SMILES string of the molecule is COc1cc([N+](=O)[O-])ccc1NC(=O)[C@H](C)Sc1nnc(-c2ccccc2)o1. The maximum atomic E-state index is 12.5. The van der Waals surface area contributed by atoms with Gasteiger partial charge in [-0.1, -0.05) is 30.0 Å². The summed E-state index contributed by atoms with van der Waals surface area (Å²) in [5.41, 5.74) is 0.993. The van der Waals surface area contributed by atoms with Crippen LogP contribution in [0.1, 0.15) is 6.92 Å². The van der Waals surface area contributed by atoms with E-state index in [1.165, 1.54) is 25.3 Å². The molecule has 0 saturated carbocycles. The fraction of sp³-hybridized carbons (Fsp3) is 0.167. The van der Waals surface area contributed by atoms with Crippen LogP contribution in [-0.4, -0.2) is 33.4 Å². The summed E-state index contributed by atoms with van der Waals surface area (Å²) < 4.78 is 10.7. The molecule has 0 fully saturated rings. The highest BCUT2D eigenvalue weighted by Gasteiger charge is 2.21. The van der Waals surface area contributed by atoms with Crippen molar-refractivity contribution in [3.8, 4) is 17.2 Å². The molecule has 1 amide bonds. The van der Waals surface area contributed by atoms with E-state index < -0.39 is 10.2 Å². The fourth-order valence-corrected chi connectivity index (χ4v) is 2.97. The highest BCUT2D eigenvalue weighted by molar-refractivity contribution is 8.00. The van der Waals surface area contributed by atoms with Crippen LogP contribution < -0.4 is 10.1 Å².